The van der Waals surface area contributed by atoms with Crippen molar-refractivity contribution >= 4 is 34.6 Å². The van der Waals surface area contributed by atoms with Gasteiger partial charge in [-0.2, -0.15) is 0 Å². The van der Waals surface area contributed by atoms with E-state index in [1.807, 2.05) is 12.1 Å². The van der Waals surface area contributed by atoms with Gasteiger partial charge in [-0.3, -0.25) is 0 Å². The second-order valence-electron chi connectivity index (χ2n) is 5.13. The Kier molecular flexibility index (Phi) is 4.60. The minimum atomic E-state index is 0.224. The molecule has 3 rings (SSSR count). The van der Waals surface area contributed by atoms with Crippen molar-refractivity contribution in [3.63, 3.8) is 0 Å². The molecule has 2 aromatic rings. The molecule has 6 nitrogen and oxygen atoms in total. The highest BCUT2D eigenvalue weighted by atomic mass is 35.5. The number of aromatic nitrogens is 2. The van der Waals surface area contributed by atoms with E-state index in [1.54, 1.807) is 12.1 Å². The summed E-state index contributed by atoms with van der Waals surface area (Å²) in [7, 11) is 0. The van der Waals surface area contributed by atoms with Crippen LogP contribution in [0.25, 0.3) is 0 Å². The van der Waals surface area contributed by atoms with Crippen LogP contribution in [0.15, 0.2) is 30.6 Å². The van der Waals surface area contributed by atoms with Gasteiger partial charge in [0.15, 0.2) is 11.6 Å². The minimum absolute atomic E-state index is 0.224. The van der Waals surface area contributed by atoms with Gasteiger partial charge in [0.2, 0.25) is 0 Å². The fourth-order valence-corrected chi connectivity index (χ4v) is 2.45. The van der Waals surface area contributed by atoms with Crippen LogP contribution in [0.5, 0.6) is 0 Å². The molecule has 1 atom stereocenters. The van der Waals surface area contributed by atoms with E-state index < -0.39 is 0 Å². The quantitative estimate of drug-likeness (QED) is 0.785. The number of nitrogens with one attached hydrogen (secondary N) is 2. The van der Waals surface area contributed by atoms with Crippen LogP contribution in [-0.4, -0.2) is 29.2 Å². The molecular formula is C15H18ClN5O. The topological polar surface area (TPSA) is 85.1 Å². The van der Waals surface area contributed by atoms with E-state index in [4.69, 9.17) is 22.1 Å². The van der Waals surface area contributed by atoms with E-state index in [1.165, 1.54) is 6.33 Å². The minimum Gasteiger partial charge on any atom is -0.393 e. The maximum atomic E-state index is 6.13. The van der Waals surface area contributed by atoms with Gasteiger partial charge in [-0.25, -0.2) is 9.97 Å². The molecule has 0 bridgehead atoms. The van der Waals surface area contributed by atoms with E-state index in [-0.39, 0.29) is 6.10 Å². The van der Waals surface area contributed by atoms with Gasteiger partial charge in [0.1, 0.15) is 12.0 Å². The maximum absolute atomic E-state index is 6.13. The summed E-state index contributed by atoms with van der Waals surface area (Å²) in [5.41, 5.74) is 7.47. The number of hydrogen-bond acceptors (Lipinski definition) is 6. The summed E-state index contributed by atoms with van der Waals surface area (Å²) < 4.78 is 5.58. The van der Waals surface area contributed by atoms with Crippen LogP contribution >= 0.6 is 11.6 Å². The first-order valence-corrected chi connectivity index (χ1v) is 7.59. The number of anilines is 4. The molecule has 0 saturated carbocycles. The Morgan fingerprint density at radius 3 is 2.73 bits per heavy atom. The number of nitrogens with zero attached hydrogens (tertiary/aromatic N) is 2. The molecule has 7 heteroatoms. The van der Waals surface area contributed by atoms with E-state index in [9.17, 15) is 0 Å². The van der Waals surface area contributed by atoms with Crippen molar-refractivity contribution in [2.24, 2.45) is 0 Å². The summed E-state index contributed by atoms with van der Waals surface area (Å²) in [4.78, 5) is 8.38. The molecule has 1 aromatic heterocycles. The summed E-state index contributed by atoms with van der Waals surface area (Å²) in [6.45, 7) is 1.52. The van der Waals surface area contributed by atoms with Crippen molar-refractivity contribution in [1.82, 2.24) is 9.97 Å². The lowest BCUT2D eigenvalue weighted by molar-refractivity contribution is 0.120. The van der Waals surface area contributed by atoms with Crippen molar-refractivity contribution in [1.29, 1.82) is 0 Å². The van der Waals surface area contributed by atoms with Crippen LogP contribution in [0.3, 0.4) is 0 Å². The van der Waals surface area contributed by atoms with Crippen LogP contribution < -0.4 is 16.4 Å². The number of halogens is 1. The molecule has 0 spiro atoms. The monoisotopic (exact) mass is 319 g/mol. The molecule has 1 fully saturated rings. The average Bonchev–Trinajstić information content (AvgIpc) is 3.04. The standard InChI is InChI=1S/C15H18ClN5O/c16-10-3-5-11(6-4-10)21-15-13(17)14(19-9-20-15)18-8-12-2-1-7-22-12/h3-6,9,12H,1-2,7-8,17H2,(H2,18,19,20,21). The van der Waals surface area contributed by atoms with E-state index in [2.05, 4.69) is 20.6 Å². The predicted octanol–water partition coefficient (Wildman–Crippen LogP) is 3.05. The first-order chi connectivity index (χ1) is 10.7. The molecule has 22 heavy (non-hydrogen) atoms. The van der Waals surface area contributed by atoms with Crippen molar-refractivity contribution < 1.29 is 4.74 Å². The molecule has 0 radical (unpaired) electrons. The molecule has 1 unspecified atom stereocenters. The van der Waals surface area contributed by atoms with Crippen LogP contribution in [0.4, 0.5) is 23.0 Å². The third kappa shape index (κ3) is 3.58. The predicted molar refractivity (Wildman–Crippen MR) is 88.6 cm³/mol. The van der Waals surface area contributed by atoms with Crippen LogP contribution in [0.2, 0.25) is 5.02 Å². The lowest BCUT2D eigenvalue weighted by Gasteiger charge is -2.14. The second-order valence-corrected chi connectivity index (χ2v) is 5.57. The Bertz CT molecular complexity index is 628. The van der Waals surface area contributed by atoms with Gasteiger partial charge in [-0.15, -0.1) is 0 Å². The molecule has 1 aliphatic rings. The molecule has 1 aliphatic heterocycles. The molecule has 2 heterocycles. The summed E-state index contributed by atoms with van der Waals surface area (Å²) in [5.74, 6) is 1.18. The Hall–Kier alpha value is -2.05. The highest BCUT2D eigenvalue weighted by Gasteiger charge is 2.16. The van der Waals surface area contributed by atoms with Gasteiger partial charge in [0, 0.05) is 23.9 Å². The number of nitrogens with two attached hydrogens (primary N) is 1. The first-order valence-electron chi connectivity index (χ1n) is 7.21. The van der Waals surface area contributed by atoms with Gasteiger partial charge in [-0.05, 0) is 37.1 Å². The zero-order valence-electron chi connectivity index (χ0n) is 12.1. The Labute approximate surface area is 134 Å². The SMILES string of the molecule is Nc1c(NCC2CCCO2)ncnc1Nc1ccc(Cl)cc1. The van der Waals surface area contributed by atoms with Crippen molar-refractivity contribution in [3.8, 4) is 0 Å². The third-order valence-electron chi connectivity index (χ3n) is 3.51. The molecule has 0 amide bonds. The molecule has 1 aromatic carbocycles. The Morgan fingerprint density at radius 1 is 1.23 bits per heavy atom. The van der Waals surface area contributed by atoms with Gasteiger partial charge in [-0.1, -0.05) is 11.6 Å². The fraction of sp³-hybridized carbons (Fsp3) is 0.333. The number of hydrogen-bond donors (Lipinski definition) is 3. The maximum Gasteiger partial charge on any atom is 0.159 e. The van der Waals surface area contributed by atoms with Crippen molar-refractivity contribution in [3.05, 3.63) is 35.6 Å². The number of benzene rings is 1. The van der Waals surface area contributed by atoms with Crippen LogP contribution in [0, 0.1) is 0 Å². The Balaban J connectivity index is 1.69. The molecule has 1 saturated heterocycles. The summed E-state index contributed by atoms with van der Waals surface area (Å²) in [6, 6.07) is 7.34. The first kappa shape index (κ1) is 14.9. The van der Waals surface area contributed by atoms with Crippen molar-refractivity contribution in [2.45, 2.75) is 18.9 Å². The highest BCUT2D eigenvalue weighted by Crippen LogP contribution is 2.26. The highest BCUT2D eigenvalue weighted by molar-refractivity contribution is 6.30. The smallest absolute Gasteiger partial charge is 0.159 e. The number of nitrogen functional groups attached to an aromatic ring is 1. The number of ether oxygens (including phenoxy) is 1. The molecule has 4 N–H and O–H groups in total. The normalized spacial score (nSPS) is 17.4. The largest absolute Gasteiger partial charge is 0.393 e. The van der Waals surface area contributed by atoms with E-state index in [0.29, 0.717) is 28.9 Å². The summed E-state index contributed by atoms with van der Waals surface area (Å²) >= 11 is 5.87. The Morgan fingerprint density at radius 2 is 2.00 bits per heavy atom. The van der Waals surface area contributed by atoms with Crippen LogP contribution in [0.1, 0.15) is 12.8 Å². The van der Waals surface area contributed by atoms with E-state index >= 15 is 0 Å². The zero-order valence-corrected chi connectivity index (χ0v) is 12.8. The summed E-state index contributed by atoms with van der Waals surface area (Å²) in [5, 5.41) is 7.07. The average molecular weight is 320 g/mol. The van der Waals surface area contributed by atoms with Gasteiger partial charge >= 0.3 is 0 Å². The van der Waals surface area contributed by atoms with E-state index in [0.717, 1.165) is 25.1 Å². The second kappa shape index (κ2) is 6.81. The summed E-state index contributed by atoms with van der Waals surface area (Å²) in [6.07, 6.45) is 3.87. The van der Waals surface area contributed by atoms with Crippen LogP contribution in [-0.2, 0) is 4.74 Å². The fourth-order valence-electron chi connectivity index (χ4n) is 2.32. The van der Waals surface area contributed by atoms with Gasteiger partial charge in [0.05, 0.1) is 6.10 Å². The molecule has 0 aliphatic carbocycles. The third-order valence-corrected chi connectivity index (χ3v) is 3.76. The number of rotatable bonds is 5. The lowest BCUT2D eigenvalue weighted by Crippen LogP contribution is -2.20. The molecular weight excluding hydrogens is 302 g/mol. The molecule has 116 valence electrons. The van der Waals surface area contributed by atoms with Gasteiger partial charge in [0.25, 0.3) is 0 Å². The lowest BCUT2D eigenvalue weighted by atomic mass is 10.2. The van der Waals surface area contributed by atoms with Crippen molar-refractivity contribution in [2.75, 3.05) is 29.5 Å². The van der Waals surface area contributed by atoms with Gasteiger partial charge < -0.3 is 21.1 Å². The zero-order chi connectivity index (χ0) is 15.4.